The standard InChI is InChI=1S/C21H18ClF3N4O3/c22-15-3-5-16(6-4-15)29(21(30)28-7-9-31-10-8-28)12-14-2-1-13(11-17(14)23)19-26-27-20(32-19)18(24)25/h1-6,11,18H,7-10,12H2. The molecule has 4 rings (SSSR count). The van der Waals surface area contributed by atoms with Crippen LogP contribution in [0.5, 0.6) is 0 Å². The maximum Gasteiger partial charge on any atom is 0.324 e. The number of aromatic nitrogens is 2. The molecule has 1 fully saturated rings. The van der Waals surface area contributed by atoms with Crippen molar-refractivity contribution in [1.82, 2.24) is 15.1 Å². The number of carbonyl (C=O) groups excluding carboxylic acids is 1. The lowest BCUT2D eigenvalue weighted by atomic mass is 10.1. The van der Waals surface area contributed by atoms with Crippen molar-refractivity contribution in [2.75, 3.05) is 31.2 Å². The van der Waals surface area contributed by atoms with Gasteiger partial charge in [-0.2, -0.15) is 8.78 Å². The summed E-state index contributed by atoms with van der Waals surface area (Å²) in [5, 5.41) is 7.28. The zero-order chi connectivity index (χ0) is 22.7. The van der Waals surface area contributed by atoms with E-state index < -0.39 is 18.1 Å². The third-order valence-electron chi connectivity index (χ3n) is 4.91. The molecule has 2 aromatic carbocycles. The highest BCUT2D eigenvalue weighted by Gasteiger charge is 2.26. The fourth-order valence-electron chi connectivity index (χ4n) is 3.23. The molecule has 1 saturated heterocycles. The number of amides is 2. The Balaban J connectivity index is 1.60. The van der Waals surface area contributed by atoms with Crippen LogP contribution in [0, 0.1) is 5.82 Å². The molecule has 0 unspecified atom stereocenters. The van der Waals surface area contributed by atoms with Gasteiger partial charge in [-0.3, -0.25) is 4.90 Å². The second kappa shape index (κ2) is 9.58. The molecule has 2 heterocycles. The zero-order valence-electron chi connectivity index (χ0n) is 16.7. The molecule has 0 radical (unpaired) electrons. The number of nitrogens with zero attached hydrogens (tertiary/aromatic N) is 4. The van der Waals surface area contributed by atoms with Crippen molar-refractivity contribution >= 4 is 23.3 Å². The maximum absolute atomic E-state index is 14.9. The summed E-state index contributed by atoms with van der Waals surface area (Å²) < 4.78 is 50.4. The topological polar surface area (TPSA) is 71.7 Å². The Morgan fingerprint density at radius 1 is 1.12 bits per heavy atom. The van der Waals surface area contributed by atoms with Crippen molar-refractivity contribution in [2.24, 2.45) is 0 Å². The van der Waals surface area contributed by atoms with Crippen molar-refractivity contribution < 1.29 is 27.1 Å². The first-order valence-electron chi connectivity index (χ1n) is 9.72. The van der Waals surface area contributed by atoms with E-state index in [1.165, 1.54) is 17.0 Å². The molecule has 0 aliphatic carbocycles. The minimum Gasteiger partial charge on any atom is -0.415 e. The minimum absolute atomic E-state index is 0.0595. The molecule has 1 aliphatic rings. The molecule has 168 valence electrons. The van der Waals surface area contributed by atoms with E-state index in [1.807, 2.05) is 0 Å². The molecule has 2 amide bonds. The van der Waals surface area contributed by atoms with Crippen molar-refractivity contribution in [3.8, 4) is 11.5 Å². The third-order valence-corrected chi connectivity index (χ3v) is 5.16. The monoisotopic (exact) mass is 466 g/mol. The van der Waals surface area contributed by atoms with Gasteiger partial charge in [-0.05, 0) is 36.4 Å². The summed E-state index contributed by atoms with van der Waals surface area (Å²) in [4.78, 5) is 16.3. The summed E-state index contributed by atoms with van der Waals surface area (Å²) in [6.45, 7) is 1.64. The van der Waals surface area contributed by atoms with Crippen LogP contribution in [0.3, 0.4) is 0 Å². The summed E-state index contributed by atoms with van der Waals surface area (Å²) in [5.41, 5.74) is 0.926. The molecular formula is C21H18ClF3N4O3. The van der Waals surface area contributed by atoms with Gasteiger partial charge in [-0.1, -0.05) is 17.7 Å². The Labute approximate surface area is 186 Å². The van der Waals surface area contributed by atoms with E-state index in [9.17, 15) is 18.0 Å². The Bertz CT molecular complexity index is 1090. The number of benzene rings is 2. The van der Waals surface area contributed by atoms with Gasteiger partial charge in [0.2, 0.25) is 5.89 Å². The van der Waals surface area contributed by atoms with Gasteiger partial charge in [0.1, 0.15) is 5.82 Å². The SMILES string of the molecule is O=C(N1CCOCC1)N(Cc1ccc(-c2nnc(C(F)F)o2)cc1F)c1ccc(Cl)cc1. The van der Waals surface area contributed by atoms with Crippen LogP contribution in [0.1, 0.15) is 17.9 Å². The molecule has 0 atom stereocenters. The summed E-state index contributed by atoms with van der Waals surface area (Å²) in [6, 6.07) is 10.4. The van der Waals surface area contributed by atoms with Gasteiger partial charge in [-0.15, -0.1) is 10.2 Å². The van der Waals surface area contributed by atoms with E-state index in [0.29, 0.717) is 37.0 Å². The van der Waals surface area contributed by atoms with Gasteiger partial charge in [-0.25, -0.2) is 9.18 Å². The van der Waals surface area contributed by atoms with Crippen LogP contribution in [-0.2, 0) is 11.3 Å². The van der Waals surface area contributed by atoms with E-state index in [0.717, 1.165) is 6.07 Å². The van der Waals surface area contributed by atoms with E-state index in [4.69, 9.17) is 20.8 Å². The van der Waals surface area contributed by atoms with Crippen molar-refractivity contribution in [3.05, 3.63) is 64.8 Å². The minimum atomic E-state index is -2.92. The number of anilines is 1. The molecular weight excluding hydrogens is 449 g/mol. The van der Waals surface area contributed by atoms with Crippen LogP contribution >= 0.6 is 11.6 Å². The third kappa shape index (κ3) is 4.86. The average Bonchev–Trinajstić information content (AvgIpc) is 3.30. The van der Waals surface area contributed by atoms with Gasteiger partial charge in [0.15, 0.2) is 0 Å². The highest BCUT2D eigenvalue weighted by Crippen LogP contribution is 2.27. The number of halogens is 4. The van der Waals surface area contributed by atoms with Crippen LogP contribution in [-0.4, -0.2) is 47.4 Å². The molecule has 1 aromatic heterocycles. The number of urea groups is 1. The molecule has 0 saturated carbocycles. The summed E-state index contributed by atoms with van der Waals surface area (Å²) in [5.74, 6) is -1.70. The summed E-state index contributed by atoms with van der Waals surface area (Å²) in [7, 11) is 0. The molecule has 32 heavy (non-hydrogen) atoms. The Morgan fingerprint density at radius 2 is 1.84 bits per heavy atom. The second-order valence-corrected chi connectivity index (χ2v) is 7.43. The van der Waals surface area contributed by atoms with E-state index >= 15 is 0 Å². The quantitative estimate of drug-likeness (QED) is 0.533. The lowest BCUT2D eigenvalue weighted by Gasteiger charge is -2.33. The van der Waals surface area contributed by atoms with Crippen LogP contribution in [0.2, 0.25) is 5.02 Å². The number of rotatable bonds is 5. The van der Waals surface area contributed by atoms with Crippen molar-refractivity contribution in [2.45, 2.75) is 13.0 Å². The first-order valence-corrected chi connectivity index (χ1v) is 10.1. The molecule has 0 spiro atoms. The summed E-state index contributed by atoms with van der Waals surface area (Å²) >= 11 is 5.97. The van der Waals surface area contributed by atoms with Gasteiger partial charge >= 0.3 is 12.5 Å². The Hall–Kier alpha value is -3.11. The number of ether oxygens (including phenoxy) is 1. The normalized spacial score (nSPS) is 14.1. The van der Waals surface area contributed by atoms with Crippen LogP contribution in [0.25, 0.3) is 11.5 Å². The fourth-order valence-corrected chi connectivity index (χ4v) is 3.36. The number of hydrogen-bond donors (Lipinski definition) is 0. The zero-order valence-corrected chi connectivity index (χ0v) is 17.4. The molecule has 3 aromatic rings. The first kappa shape index (κ1) is 22.1. The van der Waals surface area contributed by atoms with E-state index in [1.54, 1.807) is 29.2 Å². The van der Waals surface area contributed by atoms with E-state index in [-0.39, 0.29) is 29.6 Å². The highest BCUT2D eigenvalue weighted by molar-refractivity contribution is 6.30. The van der Waals surface area contributed by atoms with Crippen molar-refractivity contribution in [3.63, 3.8) is 0 Å². The molecule has 0 N–H and O–H groups in total. The Kier molecular flexibility index (Phi) is 6.61. The number of morpholine rings is 1. The van der Waals surface area contributed by atoms with Crippen LogP contribution in [0.4, 0.5) is 23.7 Å². The van der Waals surface area contributed by atoms with Crippen LogP contribution in [0.15, 0.2) is 46.9 Å². The number of alkyl halides is 2. The van der Waals surface area contributed by atoms with Crippen molar-refractivity contribution in [1.29, 1.82) is 0 Å². The highest BCUT2D eigenvalue weighted by atomic mass is 35.5. The van der Waals surface area contributed by atoms with E-state index in [2.05, 4.69) is 10.2 Å². The maximum atomic E-state index is 14.9. The fraction of sp³-hybridized carbons (Fsp3) is 0.286. The second-order valence-electron chi connectivity index (χ2n) is 7.00. The molecule has 7 nitrogen and oxygen atoms in total. The van der Waals surface area contributed by atoms with Gasteiger partial charge < -0.3 is 14.1 Å². The predicted octanol–water partition coefficient (Wildman–Crippen LogP) is 4.93. The largest absolute Gasteiger partial charge is 0.415 e. The number of hydrogen-bond acceptors (Lipinski definition) is 5. The van der Waals surface area contributed by atoms with Gasteiger partial charge in [0, 0.05) is 34.9 Å². The lowest BCUT2D eigenvalue weighted by Crippen LogP contribution is -2.48. The average molecular weight is 467 g/mol. The smallest absolute Gasteiger partial charge is 0.324 e. The molecule has 1 aliphatic heterocycles. The molecule has 0 bridgehead atoms. The van der Waals surface area contributed by atoms with Gasteiger partial charge in [0.05, 0.1) is 19.8 Å². The summed E-state index contributed by atoms with van der Waals surface area (Å²) in [6.07, 6.45) is -2.92. The number of carbonyl (C=O) groups is 1. The first-order chi connectivity index (χ1) is 15.4. The molecule has 11 heteroatoms. The van der Waals surface area contributed by atoms with Crippen LogP contribution < -0.4 is 4.90 Å². The van der Waals surface area contributed by atoms with Gasteiger partial charge in [0.25, 0.3) is 5.89 Å². The lowest BCUT2D eigenvalue weighted by molar-refractivity contribution is 0.0548. The Morgan fingerprint density at radius 3 is 2.47 bits per heavy atom. The predicted molar refractivity (Wildman–Crippen MR) is 110 cm³/mol.